The predicted molar refractivity (Wildman–Crippen MR) is 126 cm³/mol. The Balaban J connectivity index is 2.06. The lowest BCUT2D eigenvalue weighted by Crippen LogP contribution is -1.91. The van der Waals surface area contributed by atoms with Gasteiger partial charge < -0.3 is 0 Å². The highest BCUT2D eigenvalue weighted by Gasteiger charge is 2.09. The summed E-state index contributed by atoms with van der Waals surface area (Å²) < 4.78 is 0. The minimum Gasteiger partial charge on any atom is -0.143 e. The maximum atomic E-state index is 5.80. The first kappa shape index (κ1) is 19.8. The van der Waals surface area contributed by atoms with Gasteiger partial charge in [-0.05, 0) is 71.9 Å². The van der Waals surface area contributed by atoms with E-state index in [2.05, 4.69) is 99.1 Å². The average Bonchev–Trinajstić information content (AvgIpc) is 2.71. The van der Waals surface area contributed by atoms with Crippen LogP contribution >= 0.6 is 12.6 Å². The van der Waals surface area contributed by atoms with E-state index in [0.717, 1.165) is 27.2 Å². The highest BCUT2D eigenvalue weighted by atomic mass is 32.1. The van der Waals surface area contributed by atoms with Crippen molar-refractivity contribution in [3.63, 3.8) is 0 Å². The van der Waals surface area contributed by atoms with Crippen LogP contribution in [0.5, 0.6) is 0 Å². The molecule has 0 aliphatic heterocycles. The van der Waals surface area contributed by atoms with Gasteiger partial charge in [0.1, 0.15) is 0 Å². The zero-order chi connectivity index (χ0) is 20.1. The molecule has 0 atom stereocenters. The van der Waals surface area contributed by atoms with E-state index < -0.39 is 0 Å². The maximum absolute atomic E-state index is 5.80. The summed E-state index contributed by atoms with van der Waals surface area (Å²) in [6.45, 7) is 6.17. The number of hydrogen-bond acceptors (Lipinski definition) is 1. The summed E-state index contributed by atoms with van der Waals surface area (Å²) in [5.74, 6) is 2.86. The molecule has 1 heteroatoms. The summed E-state index contributed by atoms with van der Waals surface area (Å²) in [6.07, 6.45) is 9.87. The van der Waals surface area contributed by atoms with E-state index in [4.69, 9.17) is 6.42 Å². The smallest absolute Gasteiger partial charge is 0.0346 e. The van der Waals surface area contributed by atoms with Crippen LogP contribution in [0.15, 0.2) is 89.4 Å². The fourth-order valence-corrected chi connectivity index (χ4v) is 3.69. The molecule has 0 nitrogen and oxygen atoms in total. The van der Waals surface area contributed by atoms with Crippen LogP contribution in [0.3, 0.4) is 0 Å². The average molecular weight is 381 g/mol. The normalized spacial score (nSPS) is 12.0. The SMILES string of the molecule is C#C/C(=C(C)\C=C/C)c1ccc(-c2ccc(S)c(-c3ccccc3)c2)cc1C. The van der Waals surface area contributed by atoms with Crippen LogP contribution in [0.25, 0.3) is 27.8 Å². The Morgan fingerprint density at radius 1 is 0.929 bits per heavy atom. The topological polar surface area (TPSA) is 0 Å². The van der Waals surface area contributed by atoms with Crippen LogP contribution in [0.2, 0.25) is 0 Å². The molecular weight excluding hydrogens is 356 g/mol. The summed E-state index contributed by atoms with van der Waals surface area (Å²) in [5, 5.41) is 0. The molecule has 3 aromatic carbocycles. The molecule has 3 rings (SSSR count). The van der Waals surface area contributed by atoms with Crippen LogP contribution in [0.1, 0.15) is 25.0 Å². The van der Waals surface area contributed by atoms with Crippen molar-refractivity contribution < 1.29 is 0 Å². The fraction of sp³-hybridized carbons (Fsp3) is 0.111. The third-order valence-electron chi connectivity index (χ3n) is 4.87. The van der Waals surface area contributed by atoms with E-state index in [9.17, 15) is 0 Å². The summed E-state index contributed by atoms with van der Waals surface area (Å²) in [4.78, 5) is 0.975. The van der Waals surface area contributed by atoms with Gasteiger partial charge in [0.2, 0.25) is 0 Å². The van der Waals surface area contributed by atoms with Gasteiger partial charge in [-0.1, -0.05) is 72.7 Å². The fourth-order valence-electron chi connectivity index (χ4n) is 3.43. The van der Waals surface area contributed by atoms with Gasteiger partial charge in [0.25, 0.3) is 0 Å². The van der Waals surface area contributed by atoms with Crippen molar-refractivity contribution in [1.82, 2.24) is 0 Å². The van der Waals surface area contributed by atoms with E-state index in [0.29, 0.717) is 0 Å². The van der Waals surface area contributed by atoms with Crippen molar-refractivity contribution in [2.75, 3.05) is 0 Å². The third kappa shape index (κ3) is 4.14. The molecule has 0 aliphatic carbocycles. The molecule has 0 spiro atoms. The summed E-state index contributed by atoms with van der Waals surface area (Å²) in [7, 11) is 0. The second kappa shape index (κ2) is 8.83. The Morgan fingerprint density at radius 2 is 1.61 bits per heavy atom. The van der Waals surface area contributed by atoms with E-state index in [1.165, 1.54) is 22.3 Å². The van der Waals surface area contributed by atoms with E-state index in [1.54, 1.807) is 0 Å². The van der Waals surface area contributed by atoms with Gasteiger partial charge in [-0.3, -0.25) is 0 Å². The first-order valence-electron chi connectivity index (χ1n) is 9.35. The van der Waals surface area contributed by atoms with E-state index >= 15 is 0 Å². The van der Waals surface area contributed by atoms with Crippen molar-refractivity contribution in [3.8, 4) is 34.6 Å². The Morgan fingerprint density at radius 3 is 2.25 bits per heavy atom. The Bertz CT molecular complexity index is 1090. The molecule has 0 N–H and O–H groups in total. The first-order chi connectivity index (χ1) is 13.5. The summed E-state index contributed by atoms with van der Waals surface area (Å²) >= 11 is 4.65. The molecule has 0 aliphatic rings. The van der Waals surface area contributed by atoms with Gasteiger partial charge in [-0.25, -0.2) is 0 Å². The Labute approximate surface area is 174 Å². The summed E-state index contributed by atoms with van der Waals surface area (Å²) in [6, 6.07) is 23.2. The molecule has 0 bridgehead atoms. The molecule has 3 aromatic rings. The molecule has 138 valence electrons. The molecule has 0 radical (unpaired) electrons. The van der Waals surface area contributed by atoms with Crippen molar-refractivity contribution in [3.05, 3.63) is 95.6 Å². The molecule has 0 saturated heterocycles. The van der Waals surface area contributed by atoms with Crippen molar-refractivity contribution in [1.29, 1.82) is 0 Å². The largest absolute Gasteiger partial charge is 0.143 e. The van der Waals surface area contributed by atoms with Crippen LogP contribution in [-0.2, 0) is 0 Å². The molecule has 0 fully saturated rings. The zero-order valence-electron chi connectivity index (χ0n) is 16.5. The van der Waals surface area contributed by atoms with Gasteiger partial charge in [-0.15, -0.1) is 19.1 Å². The van der Waals surface area contributed by atoms with Crippen molar-refractivity contribution in [2.24, 2.45) is 0 Å². The van der Waals surface area contributed by atoms with Crippen LogP contribution in [0, 0.1) is 19.3 Å². The van der Waals surface area contributed by atoms with E-state index in [1.807, 2.05) is 19.1 Å². The first-order valence-corrected chi connectivity index (χ1v) is 9.80. The standard InChI is InChI=1S/C27H24S/c1-5-10-19(3)24(6-2)25-15-13-22(17-20(25)4)23-14-16-27(28)26(18-23)21-11-8-7-9-12-21/h2,5,7-18,28H,1,3-4H3/b10-5-,24-19+. The van der Waals surface area contributed by atoms with Gasteiger partial charge in [0, 0.05) is 10.5 Å². The molecule has 0 unspecified atom stereocenters. The number of aryl methyl sites for hydroxylation is 1. The molecule has 0 amide bonds. The van der Waals surface area contributed by atoms with Crippen molar-refractivity contribution in [2.45, 2.75) is 25.7 Å². The number of thiol groups is 1. The lowest BCUT2D eigenvalue weighted by Gasteiger charge is -2.12. The monoisotopic (exact) mass is 380 g/mol. The van der Waals surface area contributed by atoms with Gasteiger partial charge in [0.15, 0.2) is 0 Å². The third-order valence-corrected chi connectivity index (χ3v) is 5.26. The second-order valence-electron chi connectivity index (χ2n) is 6.83. The highest BCUT2D eigenvalue weighted by Crippen LogP contribution is 2.33. The molecule has 0 saturated carbocycles. The molecule has 0 heterocycles. The zero-order valence-corrected chi connectivity index (χ0v) is 17.4. The minimum absolute atomic E-state index is 0.942. The number of hydrogen-bond donors (Lipinski definition) is 1. The quantitative estimate of drug-likeness (QED) is 0.269. The number of rotatable bonds is 4. The molecular formula is C27H24S. The lowest BCUT2D eigenvalue weighted by atomic mass is 9.92. The predicted octanol–water partition coefficient (Wildman–Crippen LogP) is 7.60. The maximum Gasteiger partial charge on any atom is 0.0346 e. The number of allylic oxidation sites excluding steroid dienone is 4. The number of terminal acetylenes is 1. The van der Waals surface area contributed by atoms with Crippen LogP contribution < -0.4 is 0 Å². The van der Waals surface area contributed by atoms with Crippen molar-refractivity contribution >= 4 is 18.2 Å². The van der Waals surface area contributed by atoms with Gasteiger partial charge in [0.05, 0.1) is 0 Å². The van der Waals surface area contributed by atoms with Crippen LogP contribution in [-0.4, -0.2) is 0 Å². The Hall–Kier alpha value is -2.95. The lowest BCUT2D eigenvalue weighted by molar-refractivity contribution is 1.40. The number of benzene rings is 3. The van der Waals surface area contributed by atoms with Gasteiger partial charge >= 0.3 is 0 Å². The Kier molecular flexibility index (Phi) is 6.24. The second-order valence-corrected chi connectivity index (χ2v) is 7.31. The van der Waals surface area contributed by atoms with Gasteiger partial charge in [-0.2, -0.15) is 0 Å². The minimum atomic E-state index is 0.942. The molecule has 0 aromatic heterocycles. The highest BCUT2D eigenvalue weighted by molar-refractivity contribution is 7.80. The van der Waals surface area contributed by atoms with E-state index in [-0.39, 0.29) is 0 Å². The molecule has 28 heavy (non-hydrogen) atoms. The summed E-state index contributed by atoms with van der Waals surface area (Å²) in [5.41, 5.74) is 8.97. The van der Waals surface area contributed by atoms with Crippen LogP contribution in [0.4, 0.5) is 0 Å².